The van der Waals surface area contributed by atoms with Gasteiger partial charge in [-0.2, -0.15) is 5.26 Å². The highest BCUT2D eigenvalue weighted by Gasteiger charge is 2.33. The van der Waals surface area contributed by atoms with Crippen LogP contribution in [0.3, 0.4) is 0 Å². The highest BCUT2D eigenvalue weighted by Crippen LogP contribution is 2.45. The Labute approximate surface area is 132 Å². The maximum atomic E-state index is 9.22. The van der Waals surface area contributed by atoms with Crippen LogP contribution in [0.2, 0.25) is 0 Å². The number of nitrogens with zero attached hydrogens (tertiary/aromatic N) is 3. The number of nitriles is 1. The zero-order valence-electron chi connectivity index (χ0n) is 13.8. The molecule has 112 valence electrons. The van der Waals surface area contributed by atoms with Gasteiger partial charge in [0.1, 0.15) is 6.17 Å². The average Bonchev–Trinajstić information content (AvgIpc) is 2.71. The van der Waals surface area contributed by atoms with Crippen molar-refractivity contribution in [1.29, 1.82) is 5.26 Å². The summed E-state index contributed by atoms with van der Waals surface area (Å²) in [4.78, 5) is 4.61. The molecule has 0 saturated carbocycles. The molecule has 2 aromatic rings. The third-order valence-electron chi connectivity index (χ3n) is 4.55. The Kier molecular flexibility index (Phi) is 3.33. The average molecular weight is 291 g/mol. The first kappa shape index (κ1) is 14.5. The Balaban J connectivity index is 2.24. The van der Waals surface area contributed by atoms with E-state index < -0.39 is 0 Å². The standard InChI is InChI=1S/C19H21N3/c1-12-8-13(2)19(14(3)9-12)22-15(4)21(5)17-7-6-16(11-20)10-18(17)22/h6-10,15H,1-5H3/t15-/m0/s1. The van der Waals surface area contributed by atoms with Gasteiger partial charge in [-0.05, 0) is 57.0 Å². The molecule has 1 atom stereocenters. The highest BCUT2D eigenvalue weighted by atomic mass is 15.4. The van der Waals surface area contributed by atoms with E-state index in [0.717, 1.165) is 5.69 Å². The second-order valence-electron chi connectivity index (χ2n) is 6.18. The molecule has 0 fully saturated rings. The number of rotatable bonds is 1. The van der Waals surface area contributed by atoms with Crippen LogP contribution in [0.4, 0.5) is 17.1 Å². The van der Waals surface area contributed by atoms with Crippen LogP contribution in [0.5, 0.6) is 0 Å². The molecule has 3 rings (SSSR count). The molecule has 0 spiro atoms. The number of hydrogen-bond acceptors (Lipinski definition) is 3. The largest absolute Gasteiger partial charge is 0.353 e. The van der Waals surface area contributed by atoms with E-state index in [-0.39, 0.29) is 6.17 Å². The van der Waals surface area contributed by atoms with Crippen molar-refractivity contribution in [2.45, 2.75) is 33.9 Å². The minimum Gasteiger partial charge on any atom is -0.353 e. The number of hydrogen-bond donors (Lipinski definition) is 0. The third-order valence-corrected chi connectivity index (χ3v) is 4.55. The van der Waals surface area contributed by atoms with Crippen molar-refractivity contribution in [1.82, 2.24) is 0 Å². The molecule has 3 nitrogen and oxygen atoms in total. The molecule has 0 N–H and O–H groups in total. The lowest BCUT2D eigenvalue weighted by Crippen LogP contribution is -2.36. The Morgan fingerprint density at radius 1 is 1.00 bits per heavy atom. The van der Waals surface area contributed by atoms with Gasteiger partial charge in [-0.15, -0.1) is 0 Å². The molecule has 0 unspecified atom stereocenters. The molecule has 0 saturated heterocycles. The minimum absolute atomic E-state index is 0.226. The summed E-state index contributed by atoms with van der Waals surface area (Å²) in [5.74, 6) is 0. The summed E-state index contributed by atoms with van der Waals surface area (Å²) < 4.78 is 0. The van der Waals surface area contributed by atoms with Gasteiger partial charge in [-0.1, -0.05) is 17.7 Å². The number of anilines is 3. The number of aryl methyl sites for hydroxylation is 3. The monoisotopic (exact) mass is 291 g/mol. The van der Waals surface area contributed by atoms with E-state index in [9.17, 15) is 5.26 Å². The fraction of sp³-hybridized carbons (Fsp3) is 0.316. The number of benzene rings is 2. The maximum absolute atomic E-state index is 9.22. The molecule has 1 aliphatic heterocycles. The van der Waals surface area contributed by atoms with Gasteiger partial charge in [0.25, 0.3) is 0 Å². The molecule has 1 aliphatic rings. The molecule has 0 bridgehead atoms. The Morgan fingerprint density at radius 2 is 1.64 bits per heavy atom. The van der Waals surface area contributed by atoms with Crippen LogP contribution in [0.25, 0.3) is 0 Å². The van der Waals surface area contributed by atoms with Crippen molar-refractivity contribution in [3.63, 3.8) is 0 Å². The van der Waals surface area contributed by atoms with Gasteiger partial charge >= 0.3 is 0 Å². The first-order valence-electron chi connectivity index (χ1n) is 7.58. The van der Waals surface area contributed by atoms with Gasteiger partial charge in [-0.25, -0.2) is 0 Å². The minimum atomic E-state index is 0.226. The highest BCUT2D eigenvalue weighted by molar-refractivity contribution is 5.86. The van der Waals surface area contributed by atoms with Crippen molar-refractivity contribution in [2.75, 3.05) is 16.8 Å². The number of fused-ring (bicyclic) bond motifs is 1. The summed E-state index contributed by atoms with van der Waals surface area (Å²) in [7, 11) is 2.11. The predicted octanol–water partition coefficient (Wildman–Crippen LogP) is 4.42. The van der Waals surface area contributed by atoms with Gasteiger partial charge in [0.15, 0.2) is 0 Å². The summed E-state index contributed by atoms with van der Waals surface area (Å²) in [5, 5.41) is 9.22. The van der Waals surface area contributed by atoms with E-state index in [2.05, 4.69) is 62.7 Å². The second-order valence-corrected chi connectivity index (χ2v) is 6.18. The fourth-order valence-electron chi connectivity index (χ4n) is 3.52. The smallest absolute Gasteiger partial charge is 0.103 e. The first-order valence-corrected chi connectivity index (χ1v) is 7.58. The molecule has 2 aromatic carbocycles. The second kappa shape index (κ2) is 5.06. The van der Waals surface area contributed by atoms with E-state index in [0.29, 0.717) is 5.56 Å². The summed E-state index contributed by atoms with van der Waals surface area (Å²) in [6.07, 6.45) is 0.226. The van der Waals surface area contributed by atoms with Gasteiger partial charge in [-0.3, -0.25) is 0 Å². The lowest BCUT2D eigenvalue weighted by Gasteiger charge is -2.30. The zero-order valence-corrected chi connectivity index (χ0v) is 13.8. The SMILES string of the molecule is Cc1cc(C)c(N2c3cc(C#N)ccc3N(C)[C@@H]2C)c(C)c1. The Morgan fingerprint density at radius 3 is 2.23 bits per heavy atom. The molecule has 22 heavy (non-hydrogen) atoms. The molecule has 0 amide bonds. The van der Waals surface area contributed by atoms with E-state index in [1.54, 1.807) is 0 Å². The Hall–Kier alpha value is -2.47. The van der Waals surface area contributed by atoms with Crippen LogP contribution < -0.4 is 9.80 Å². The fourth-order valence-corrected chi connectivity index (χ4v) is 3.52. The van der Waals surface area contributed by atoms with Crippen molar-refractivity contribution < 1.29 is 0 Å². The Bertz CT molecular complexity index is 763. The molecule has 1 heterocycles. The quantitative estimate of drug-likeness (QED) is 0.779. The normalized spacial score (nSPS) is 16.6. The molecule has 3 heteroatoms. The molecular formula is C19H21N3. The van der Waals surface area contributed by atoms with Crippen LogP contribution in [-0.2, 0) is 0 Å². The topological polar surface area (TPSA) is 30.3 Å². The molecule has 0 radical (unpaired) electrons. The summed E-state index contributed by atoms with van der Waals surface area (Å²) in [6, 6.07) is 12.6. The van der Waals surface area contributed by atoms with Crippen LogP contribution in [0.15, 0.2) is 30.3 Å². The van der Waals surface area contributed by atoms with E-state index >= 15 is 0 Å². The summed E-state index contributed by atoms with van der Waals surface area (Å²) in [6.45, 7) is 8.65. The van der Waals surface area contributed by atoms with Crippen molar-refractivity contribution in [2.24, 2.45) is 0 Å². The van der Waals surface area contributed by atoms with E-state index in [1.165, 1.54) is 28.1 Å². The van der Waals surface area contributed by atoms with Crippen LogP contribution in [0, 0.1) is 32.1 Å². The van der Waals surface area contributed by atoms with Crippen molar-refractivity contribution in [3.8, 4) is 6.07 Å². The van der Waals surface area contributed by atoms with Gasteiger partial charge in [0.2, 0.25) is 0 Å². The van der Waals surface area contributed by atoms with Crippen LogP contribution >= 0.6 is 0 Å². The van der Waals surface area contributed by atoms with Gasteiger partial charge in [0.05, 0.1) is 23.0 Å². The van der Waals surface area contributed by atoms with E-state index in [4.69, 9.17) is 0 Å². The summed E-state index contributed by atoms with van der Waals surface area (Å²) >= 11 is 0. The van der Waals surface area contributed by atoms with Crippen molar-refractivity contribution in [3.05, 3.63) is 52.6 Å². The lowest BCUT2D eigenvalue weighted by molar-refractivity contribution is 0.731. The van der Waals surface area contributed by atoms with Gasteiger partial charge in [0, 0.05) is 12.7 Å². The predicted molar refractivity (Wildman–Crippen MR) is 91.8 cm³/mol. The third kappa shape index (κ3) is 2.03. The molecule has 0 aliphatic carbocycles. The van der Waals surface area contributed by atoms with Crippen molar-refractivity contribution >= 4 is 17.1 Å². The first-order chi connectivity index (χ1) is 10.4. The zero-order chi connectivity index (χ0) is 16.0. The van der Waals surface area contributed by atoms with E-state index in [1.807, 2.05) is 18.2 Å². The maximum Gasteiger partial charge on any atom is 0.103 e. The van der Waals surface area contributed by atoms with Gasteiger partial charge < -0.3 is 9.80 Å². The summed E-state index contributed by atoms with van der Waals surface area (Å²) in [5.41, 5.74) is 8.06. The van der Waals surface area contributed by atoms with Crippen LogP contribution in [0.1, 0.15) is 29.2 Å². The molecule has 0 aromatic heterocycles. The van der Waals surface area contributed by atoms with Crippen LogP contribution in [-0.4, -0.2) is 13.2 Å². The lowest BCUT2D eigenvalue weighted by atomic mass is 10.0. The molecular weight excluding hydrogens is 270 g/mol.